The number of imidazole rings is 1. The maximum absolute atomic E-state index is 11.5. The van der Waals surface area contributed by atoms with E-state index in [9.17, 15) is 15.0 Å². The second-order valence-electron chi connectivity index (χ2n) is 5.91. The van der Waals surface area contributed by atoms with Crippen molar-refractivity contribution >= 4 is 11.7 Å². The molecule has 0 bridgehead atoms. The van der Waals surface area contributed by atoms with Crippen molar-refractivity contribution < 1.29 is 19.7 Å². The molecule has 0 spiro atoms. The highest BCUT2D eigenvalue weighted by atomic mass is 16.6. The predicted molar refractivity (Wildman–Crippen MR) is 89.2 cm³/mol. The summed E-state index contributed by atoms with van der Waals surface area (Å²) in [7, 11) is 0. The minimum absolute atomic E-state index is 0.0524. The van der Waals surface area contributed by atoms with Crippen molar-refractivity contribution in [1.29, 1.82) is 0 Å². The number of benzene rings is 1. The Hall–Kier alpha value is -2.46. The van der Waals surface area contributed by atoms with E-state index in [-0.39, 0.29) is 11.5 Å². The Balaban J connectivity index is 1.66. The van der Waals surface area contributed by atoms with E-state index in [1.165, 1.54) is 10.9 Å². The van der Waals surface area contributed by atoms with E-state index < -0.39 is 30.4 Å². The Morgan fingerprint density at radius 2 is 2.00 bits per heavy atom. The van der Waals surface area contributed by atoms with Gasteiger partial charge in [-0.3, -0.25) is 9.36 Å². The van der Waals surface area contributed by atoms with Crippen LogP contribution in [0.4, 0.5) is 5.82 Å². The smallest absolute Gasteiger partial charge is 0.269 e. The Labute approximate surface area is 144 Å². The van der Waals surface area contributed by atoms with Crippen LogP contribution in [0.2, 0.25) is 0 Å². The van der Waals surface area contributed by atoms with Gasteiger partial charge in [-0.2, -0.15) is 0 Å². The van der Waals surface area contributed by atoms with E-state index in [0.29, 0.717) is 13.1 Å². The molecule has 0 unspecified atom stereocenters. The highest BCUT2D eigenvalue weighted by Crippen LogP contribution is 2.31. The van der Waals surface area contributed by atoms with Crippen LogP contribution in [-0.4, -0.2) is 50.5 Å². The lowest BCUT2D eigenvalue weighted by molar-refractivity contribution is -0.0372. The van der Waals surface area contributed by atoms with Gasteiger partial charge in [0.05, 0.1) is 6.33 Å². The highest BCUT2D eigenvalue weighted by Gasteiger charge is 2.44. The number of rotatable bonds is 6. The van der Waals surface area contributed by atoms with Crippen molar-refractivity contribution in [2.45, 2.75) is 31.1 Å². The molecule has 1 aromatic carbocycles. The van der Waals surface area contributed by atoms with Crippen LogP contribution < -0.4 is 16.8 Å². The number of aliphatic hydroxyl groups is 2. The van der Waals surface area contributed by atoms with E-state index in [1.54, 1.807) is 0 Å². The zero-order chi connectivity index (χ0) is 18.0. The summed E-state index contributed by atoms with van der Waals surface area (Å²) in [6, 6.07) is 9.76. The van der Waals surface area contributed by atoms with Gasteiger partial charge in [0.2, 0.25) is 0 Å². The standard InChI is InChI=1S/C16H21N5O4/c17-14-11(15(18)24)21(8-20-14)16-13(23)12(22)10(25-16)7-19-6-9-4-2-1-3-5-9/h1-5,8,10,12-13,16,19,22-23H,6-7,17H2,(H2,18,24)/t10-,12-,13-,16-/m1/s1. The Kier molecular flexibility index (Phi) is 5.00. The molecular weight excluding hydrogens is 326 g/mol. The maximum Gasteiger partial charge on any atom is 0.269 e. The quantitative estimate of drug-likeness (QED) is 0.449. The molecule has 1 fully saturated rings. The number of aliphatic hydroxyl groups excluding tert-OH is 2. The number of amides is 1. The number of nitrogens with zero attached hydrogens (tertiary/aromatic N) is 2. The molecule has 1 aliphatic heterocycles. The molecule has 0 aliphatic carbocycles. The number of nitrogen functional groups attached to an aromatic ring is 1. The number of anilines is 1. The number of ether oxygens (including phenoxy) is 1. The minimum Gasteiger partial charge on any atom is -0.387 e. The van der Waals surface area contributed by atoms with E-state index in [1.807, 2.05) is 30.3 Å². The predicted octanol–water partition coefficient (Wildman–Crippen LogP) is -1.03. The van der Waals surface area contributed by atoms with Gasteiger partial charge in [0.25, 0.3) is 5.91 Å². The van der Waals surface area contributed by atoms with Crippen LogP contribution in [0.25, 0.3) is 0 Å². The molecule has 2 heterocycles. The van der Waals surface area contributed by atoms with Gasteiger partial charge in [0.1, 0.15) is 18.3 Å². The maximum atomic E-state index is 11.5. The van der Waals surface area contributed by atoms with Crippen molar-refractivity contribution in [2.75, 3.05) is 12.3 Å². The number of primary amides is 1. The minimum atomic E-state index is -1.24. The van der Waals surface area contributed by atoms with Crippen LogP contribution >= 0.6 is 0 Å². The number of hydrogen-bond donors (Lipinski definition) is 5. The average Bonchev–Trinajstić information content (AvgIpc) is 3.10. The van der Waals surface area contributed by atoms with E-state index in [0.717, 1.165) is 5.56 Å². The fourth-order valence-corrected chi connectivity index (χ4v) is 2.90. The number of aromatic nitrogens is 2. The van der Waals surface area contributed by atoms with Crippen LogP contribution in [0.5, 0.6) is 0 Å². The number of nitrogens with two attached hydrogens (primary N) is 2. The van der Waals surface area contributed by atoms with Gasteiger partial charge >= 0.3 is 0 Å². The SMILES string of the molecule is NC(=O)c1c(N)ncn1[C@@H]1O[C@H](CNCc2ccccc2)[C@@H](O)[C@H]1O. The van der Waals surface area contributed by atoms with Gasteiger partial charge in [0, 0.05) is 13.1 Å². The molecule has 1 aliphatic rings. The van der Waals surface area contributed by atoms with Gasteiger partial charge in [-0.25, -0.2) is 4.98 Å². The van der Waals surface area contributed by atoms with Crippen molar-refractivity contribution in [3.63, 3.8) is 0 Å². The Bertz CT molecular complexity index is 735. The Morgan fingerprint density at radius 1 is 1.28 bits per heavy atom. The first-order valence-corrected chi connectivity index (χ1v) is 7.87. The normalized spacial score (nSPS) is 26.0. The van der Waals surface area contributed by atoms with Gasteiger partial charge in [-0.05, 0) is 5.56 Å². The molecule has 134 valence electrons. The number of carbonyl (C=O) groups is 1. The molecule has 0 saturated carbocycles. The topological polar surface area (TPSA) is 149 Å². The van der Waals surface area contributed by atoms with Crippen LogP contribution in [0.3, 0.4) is 0 Å². The highest BCUT2D eigenvalue weighted by molar-refractivity contribution is 5.95. The summed E-state index contributed by atoms with van der Waals surface area (Å²) >= 11 is 0. The third-order valence-corrected chi connectivity index (χ3v) is 4.18. The van der Waals surface area contributed by atoms with Crippen LogP contribution in [-0.2, 0) is 11.3 Å². The molecule has 0 radical (unpaired) electrons. The number of carbonyl (C=O) groups excluding carboxylic acids is 1. The lowest BCUT2D eigenvalue weighted by Crippen LogP contribution is -2.37. The second-order valence-corrected chi connectivity index (χ2v) is 5.91. The summed E-state index contributed by atoms with van der Waals surface area (Å²) in [5, 5.41) is 23.7. The molecule has 9 nitrogen and oxygen atoms in total. The Morgan fingerprint density at radius 3 is 2.68 bits per heavy atom. The van der Waals surface area contributed by atoms with Gasteiger partial charge in [-0.1, -0.05) is 30.3 Å². The monoisotopic (exact) mass is 347 g/mol. The number of nitrogens with one attached hydrogen (secondary N) is 1. The van der Waals surface area contributed by atoms with Crippen LogP contribution in [0, 0.1) is 0 Å². The first-order chi connectivity index (χ1) is 12.0. The summed E-state index contributed by atoms with van der Waals surface area (Å²) in [6.07, 6.45) is -2.76. The van der Waals surface area contributed by atoms with Crippen molar-refractivity contribution in [1.82, 2.24) is 14.9 Å². The zero-order valence-electron chi connectivity index (χ0n) is 13.4. The van der Waals surface area contributed by atoms with Gasteiger partial charge in [0.15, 0.2) is 17.7 Å². The molecule has 9 heteroatoms. The average molecular weight is 347 g/mol. The van der Waals surface area contributed by atoms with Gasteiger partial charge in [-0.15, -0.1) is 0 Å². The molecule has 25 heavy (non-hydrogen) atoms. The summed E-state index contributed by atoms with van der Waals surface area (Å²) in [5.74, 6) is -0.839. The second kappa shape index (κ2) is 7.19. The van der Waals surface area contributed by atoms with Crippen LogP contribution in [0.1, 0.15) is 22.3 Å². The van der Waals surface area contributed by atoms with E-state index >= 15 is 0 Å². The summed E-state index contributed by atoms with van der Waals surface area (Å²) in [5.41, 5.74) is 11.9. The molecule has 1 saturated heterocycles. The fourth-order valence-electron chi connectivity index (χ4n) is 2.90. The third-order valence-electron chi connectivity index (χ3n) is 4.18. The largest absolute Gasteiger partial charge is 0.387 e. The molecule has 1 amide bonds. The van der Waals surface area contributed by atoms with E-state index in [4.69, 9.17) is 16.2 Å². The molecule has 2 aromatic rings. The van der Waals surface area contributed by atoms with Crippen molar-refractivity contribution in [3.05, 3.63) is 47.9 Å². The van der Waals surface area contributed by atoms with Gasteiger partial charge < -0.3 is 31.7 Å². The van der Waals surface area contributed by atoms with Crippen molar-refractivity contribution in [2.24, 2.45) is 5.73 Å². The summed E-state index contributed by atoms with van der Waals surface area (Å²) in [6.45, 7) is 0.915. The molecular formula is C16H21N5O4. The lowest BCUT2D eigenvalue weighted by atomic mass is 10.1. The third kappa shape index (κ3) is 3.49. The molecule has 7 N–H and O–H groups in total. The molecule has 3 rings (SSSR count). The van der Waals surface area contributed by atoms with E-state index in [2.05, 4.69) is 10.3 Å². The number of hydrogen-bond acceptors (Lipinski definition) is 7. The zero-order valence-corrected chi connectivity index (χ0v) is 13.4. The van der Waals surface area contributed by atoms with Crippen LogP contribution in [0.15, 0.2) is 36.7 Å². The lowest BCUT2D eigenvalue weighted by Gasteiger charge is -2.18. The summed E-state index contributed by atoms with van der Waals surface area (Å²) < 4.78 is 6.96. The molecule has 1 aromatic heterocycles. The first kappa shape index (κ1) is 17.4. The summed E-state index contributed by atoms with van der Waals surface area (Å²) in [4.78, 5) is 15.3. The van der Waals surface area contributed by atoms with Crippen molar-refractivity contribution in [3.8, 4) is 0 Å². The first-order valence-electron chi connectivity index (χ1n) is 7.87. The fraction of sp³-hybridized carbons (Fsp3) is 0.375. The molecule has 4 atom stereocenters.